The highest BCUT2D eigenvalue weighted by Gasteiger charge is 1.89. The van der Waals surface area contributed by atoms with Gasteiger partial charge in [-0.1, -0.05) is 6.08 Å². The highest BCUT2D eigenvalue weighted by atomic mass is 16.5. The summed E-state index contributed by atoms with van der Waals surface area (Å²) < 4.78 is 5.14. The number of hydrazine groups is 1. The Morgan fingerprint density at radius 3 is 3.17 bits per heavy atom. The van der Waals surface area contributed by atoms with Crippen molar-refractivity contribution in [2.75, 3.05) is 13.2 Å². The zero-order valence-corrected chi connectivity index (χ0v) is 7.21. The molecule has 1 aliphatic rings. The smallest absolute Gasteiger partial charge is 0.0651 e. The number of hydrogen-bond donors (Lipinski definition) is 2. The molecule has 0 bridgehead atoms. The van der Waals surface area contributed by atoms with Crippen molar-refractivity contribution in [2.24, 2.45) is 0 Å². The summed E-state index contributed by atoms with van der Waals surface area (Å²) in [5.74, 6) is 0. The molecule has 66 valence electrons. The minimum absolute atomic E-state index is 0.666. The maximum atomic E-state index is 5.14. The van der Waals surface area contributed by atoms with E-state index in [0.717, 1.165) is 12.3 Å². The minimum atomic E-state index is 0.666. The maximum absolute atomic E-state index is 5.14. The number of rotatable bonds is 4. The van der Waals surface area contributed by atoms with Crippen molar-refractivity contribution in [3.8, 4) is 0 Å². The maximum Gasteiger partial charge on any atom is 0.0651 e. The average molecular weight is 166 g/mol. The van der Waals surface area contributed by atoms with Crippen molar-refractivity contribution in [3.63, 3.8) is 0 Å². The van der Waals surface area contributed by atoms with Crippen LogP contribution in [0.1, 0.15) is 6.92 Å². The molecule has 0 spiro atoms. The van der Waals surface area contributed by atoms with Crippen molar-refractivity contribution >= 4 is 0 Å². The molecule has 2 N–H and O–H groups in total. The summed E-state index contributed by atoms with van der Waals surface area (Å²) in [6.45, 7) is 3.41. The van der Waals surface area contributed by atoms with Gasteiger partial charge in [-0.2, -0.15) is 0 Å². The summed E-state index contributed by atoms with van der Waals surface area (Å²) >= 11 is 0. The van der Waals surface area contributed by atoms with Crippen molar-refractivity contribution in [1.82, 2.24) is 10.9 Å². The third kappa shape index (κ3) is 3.25. The molecular formula is C9H14N2O. The van der Waals surface area contributed by atoms with Crippen LogP contribution in [-0.2, 0) is 4.74 Å². The third-order valence-electron chi connectivity index (χ3n) is 1.39. The number of nitrogens with one attached hydrogen (secondary N) is 2. The predicted octanol–water partition coefficient (Wildman–Crippen LogP) is 1.08. The molecule has 12 heavy (non-hydrogen) atoms. The van der Waals surface area contributed by atoms with Gasteiger partial charge in [0.05, 0.1) is 12.3 Å². The summed E-state index contributed by atoms with van der Waals surface area (Å²) in [4.78, 5) is 0. The predicted molar refractivity (Wildman–Crippen MR) is 49.1 cm³/mol. The van der Waals surface area contributed by atoms with Gasteiger partial charge in [-0.25, -0.2) is 0 Å². The van der Waals surface area contributed by atoms with E-state index in [0.29, 0.717) is 6.61 Å². The molecule has 3 nitrogen and oxygen atoms in total. The van der Waals surface area contributed by atoms with Crippen LogP contribution in [0, 0.1) is 0 Å². The Kier molecular flexibility index (Phi) is 4.02. The zero-order chi connectivity index (χ0) is 8.65. The van der Waals surface area contributed by atoms with E-state index in [-0.39, 0.29) is 0 Å². The molecule has 0 radical (unpaired) electrons. The number of hydrogen-bond acceptors (Lipinski definition) is 3. The minimum Gasteiger partial charge on any atom is -0.378 e. The molecule has 0 saturated carbocycles. The van der Waals surface area contributed by atoms with Gasteiger partial charge in [-0.05, 0) is 25.2 Å². The van der Waals surface area contributed by atoms with Crippen LogP contribution >= 0.6 is 0 Å². The van der Waals surface area contributed by atoms with Crippen LogP contribution in [0.15, 0.2) is 36.2 Å². The molecule has 0 aromatic heterocycles. The zero-order valence-electron chi connectivity index (χ0n) is 7.21. The standard InChI is InChI=1S/C9H14N2O/c1-2-12-8-4-6-9-5-3-7-10-11-9/h3-7,10-11H,2,8H2,1H3/b6-4+. The van der Waals surface area contributed by atoms with Gasteiger partial charge >= 0.3 is 0 Å². The number of allylic oxidation sites excluding steroid dienone is 3. The van der Waals surface area contributed by atoms with Crippen LogP contribution in [0.25, 0.3) is 0 Å². The lowest BCUT2D eigenvalue weighted by Crippen LogP contribution is -2.26. The number of ether oxygens (including phenoxy) is 1. The summed E-state index contributed by atoms with van der Waals surface area (Å²) in [5, 5.41) is 0. The largest absolute Gasteiger partial charge is 0.378 e. The SMILES string of the molecule is CCOC/C=C/C1=CC=CNN1. The lowest BCUT2D eigenvalue weighted by Gasteiger charge is -2.09. The van der Waals surface area contributed by atoms with Crippen molar-refractivity contribution in [2.45, 2.75) is 6.92 Å². The second-order valence-electron chi connectivity index (χ2n) is 2.31. The average Bonchev–Trinajstić information content (AvgIpc) is 2.14. The lowest BCUT2D eigenvalue weighted by molar-refractivity contribution is 0.177. The molecule has 0 fully saturated rings. The van der Waals surface area contributed by atoms with Gasteiger partial charge in [0.2, 0.25) is 0 Å². The molecule has 0 atom stereocenters. The molecule has 1 aliphatic heterocycles. The summed E-state index contributed by atoms with van der Waals surface area (Å²) in [5.41, 5.74) is 6.90. The van der Waals surface area contributed by atoms with Gasteiger partial charge in [-0.3, -0.25) is 0 Å². The van der Waals surface area contributed by atoms with E-state index in [9.17, 15) is 0 Å². The highest BCUT2D eigenvalue weighted by Crippen LogP contribution is 1.94. The lowest BCUT2D eigenvalue weighted by atomic mass is 10.3. The normalized spacial score (nSPS) is 15.6. The Labute approximate surface area is 72.8 Å². The Morgan fingerprint density at radius 2 is 2.50 bits per heavy atom. The van der Waals surface area contributed by atoms with Crippen LogP contribution in [0.3, 0.4) is 0 Å². The molecule has 0 amide bonds. The monoisotopic (exact) mass is 166 g/mol. The van der Waals surface area contributed by atoms with Crippen molar-refractivity contribution in [3.05, 3.63) is 36.2 Å². The van der Waals surface area contributed by atoms with Gasteiger partial charge in [0.15, 0.2) is 0 Å². The Hall–Kier alpha value is -1.22. The summed E-state index contributed by atoms with van der Waals surface area (Å²) in [6, 6.07) is 0. The van der Waals surface area contributed by atoms with E-state index in [2.05, 4.69) is 10.9 Å². The highest BCUT2D eigenvalue weighted by molar-refractivity contribution is 5.24. The first-order chi connectivity index (χ1) is 5.93. The fourth-order valence-corrected chi connectivity index (χ4v) is 0.825. The van der Waals surface area contributed by atoms with E-state index < -0.39 is 0 Å². The molecular weight excluding hydrogens is 152 g/mol. The Balaban J connectivity index is 2.24. The van der Waals surface area contributed by atoms with Crippen LogP contribution in [0.5, 0.6) is 0 Å². The molecule has 0 aromatic carbocycles. The first-order valence-corrected chi connectivity index (χ1v) is 4.06. The van der Waals surface area contributed by atoms with Gasteiger partial charge in [0.25, 0.3) is 0 Å². The van der Waals surface area contributed by atoms with Gasteiger partial charge in [0, 0.05) is 12.8 Å². The van der Waals surface area contributed by atoms with E-state index in [1.54, 1.807) is 0 Å². The molecule has 1 heterocycles. The topological polar surface area (TPSA) is 33.3 Å². The van der Waals surface area contributed by atoms with Crippen LogP contribution in [0.4, 0.5) is 0 Å². The van der Waals surface area contributed by atoms with Crippen LogP contribution < -0.4 is 10.9 Å². The van der Waals surface area contributed by atoms with Gasteiger partial charge < -0.3 is 15.6 Å². The van der Waals surface area contributed by atoms with E-state index >= 15 is 0 Å². The molecule has 3 heteroatoms. The molecule has 0 unspecified atom stereocenters. The van der Waals surface area contributed by atoms with Crippen molar-refractivity contribution < 1.29 is 4.74 Å². The first-order valence-electron chi connectivity index (χ1n) is 4.06. The quantitative estimate of drug-likeness (QED) is 0.613. The van der Waals surface area contributed by atoms with Crippen LogP contribution in [-0.4, -0.2) is 13.2 Å². The summed E-state index contributed by atoms with van der Waals surface area (Å²) in [7, 11) is 0. The Morgan fingerprint density at radius 1 is 1.58 bits per heavy atom. The third-order valence-corrected chi connectivity index (χ3v) is 1.39. The molecule has 0 saturated heterocycles. The molecule has 0 aliphatic carbocycles. The van der Waals surface area contributed by atoms with Gasteiger partial charge in [-0.15, -0.1) is 0 Å². The fraction of sp³-hybridized carbons (Fsp3) is 0.333. The van der Waals surface area contributed by atoms with Crippen molar-refractivity contribution in [1.29, 1.82) is 0 Å². The van der Waals surface area contributed by atoms with Gasteiger partial charge in [0.1, 0.15) is 0 Å². The summed E-state index contributed by atoms with van der Waals surface area (Å²) in [6.07, 6.45) is 9.71. The van der Waals surface area contributed by atoms with E-state index in [1.807, 2.05) is 37.4 Å². The molecule has 0 aromatic rings. The van der Waals surface area contributed by atoms with E-state index in [1.165, 1.54) is 0 Å². The van der Waals surface area contributed by atoms with E-state index in [4.69, 9.17) is 4.74 Å². The van der Waals surface area contributed by atoms with Crippen LogP contribution in [0.2, 0.25) is 0 Å². The second kappa shape index (κ2) is 5.43. The molecule has 1 rings (SSSR count). The Bertz CT molecular complexity index is 207. The fourth-order valence-electron chi connectivity index (χ4n) is 0.825. The second-order valence-corrected chi connectivity index (χ2v) is 2.31. The first kappa shape index (κ1) is 8.87.